The molecule has 2 aromatic heterocycles. The molecule has 246 valence electrons. The van der Waals surface area contributed by atoms with E-state index in [4.69, 9.17) is 0 Å². The van der Waals surface area contributed by atoms with E-state index in [1.807, 2.05) is 6.07 Å². The molecular weight excluding hydrogens is 687 g/mol. The minimum atomic E-state index is -1.22. The van der Waals surface area contributed by atoms with Crippen LogP contribution in [0.4, 0.5) is 31.5 Å². The number of nitrogens with zero attached hydrogens (tertiary/aromatic N) is 6. The van der Waals surface area contributed by atoms with Crippen LogP contribution in [-0.2, 0) is 0 Å². The lowest BCUT2D eigenvalue weighted by Gasteiger charge is -2.26. The van der Waals surface area contributed by atoms with Gasteiger partial charge >= 0.3 is 0 Å². The maximum Gasteiger partial charge on any atom is 0.216 e. The minimum Gasteiger partial charge on any atom is -0.311 e. The van der Waals surface area contributed by atoms with Crippen molar-refractivity contribution in [3.05, 3.63) is 146 Å². The van der Waals surface area contributed by atoms with E-state index in [-0.39, 0.29) is 16.5 Å². The molecule has 51 heavy (non-hydrogen) atoms. The van der Waals surface area contributed by atoms with Gasteiger partial charge in [-0.25, -0.2) is 13.8 Å². The van der Waals surface area contributed by atoms with Crippen molar-refractivity contribution in [1.29, 1.82) is 0 Å². The van der Waals surface area contributed by atoms with Gasteiger partial charge in [-0.05, 0) is 80.1 Å². The van der Waals surface area contributed by atoms with Crippen LogP contribution in [0, 0.1) is 25.5 Å². The Balaban J connectivity index is 1.20. The molecule has 0 saturated carbocycles. The van der Waals surface area contributed by atoms with E-state index < -0.39 is 27.8 Å². The number of benzene rings is 6. The second-order valence-electron chi connectivity index (χ2n) is 12.3. The van der Waals surface area contributed by atoms with Crippen molar-refractivity contribution in [2.45, 2.75) is 13.8 Å². The maximum atomic E-state index is 14.0. The quantitative estimate of drug-likeness (QED) is 0.176. The summed E-state index contributed by atoms with van der Waals surface area (Å²) >= 11 is 2.03. The number of rotatable bonds is 5. The lowest BCUT2D eigenvalue weighted by Crippen LogP contribution is -2.31. The molecule has 12 heteroatoms. The maximum absolute atomic E-state index is 14.0. The molecule has 0 N–H and O–H groups in total. The summed E-state index contributed by atoms with van der Waals surface area (Å²) in [6, 6.07) is 30.3. The van der Waals surface area contributed by atoms with Crippen molar-refractivity contribution in [2.24, 2.45) is 4.99 Å². The van der Waals surface area contributed by atoms with Gasteiger partial charge < -0.3 is 4.90 Å². The zero-order valence-electron chi connectivity index (χ0n) is 26.8. The van der Waals surface area contributed by atoms with Gasteiger partial charge in [-0.3, -0.25) is 9.59 Å². The highest BCUT2D eigenvalue weighted by Gasteiger charge is 2.21. The number of anilines is 3. The topological polar surface area (TPSA) is 101 Å². The van der Waals surface area contributed by atoms with Crippen LogP contribution in [0.2, 0.25) is 0 Å². The Hall–Kier alpha value is -6.11. The monoisotopic (exact) mass is 708 g/mol. The molecule has 8 nitrogen and oxygen atoms in total. The van der Waals surface area contributed by atoms with E-state index in [0.717, 1.165) is 69.2 Å². The molecular formula is C39H22F2N6O2S2. The predicted octanol–water partition coefficient (Wildman–Crippen LogP) is 8.86. The smallest absolute Gasteiger partial charge is 0.216 e. The molecule has 0 aliphatic heterocycles. The highest BCUT2D eigenvalue weighted by Crippen LogP contribution is 2.41. The summed E-state index contributed by atoms with van der Waals surface area (Å²) in [5.41, 5.74) is 8.01. The molecule has 0 spiro atoms. The largest absolute Gasteiger partial charge is 0.311 e. The molecule has 0 fully saturated rings. The van der Waals surface area contributed by atoms with Gasteiger partial charge in [0.2, 0.25) is 10.9 Å². The van der Waals surface area contributed by atoms with Crippen molar-refractivity contribution < 1.29 is 8.78 Å². The number of fused-ring (bicyclic) bond motifs is 6. The lowest BCUT2D eigenvalue weighted by molar-refractivity contribution is 0.511. The fraction of sp³-hybridized carbons (Fsp3) is 0.0513. The molecule has 7 aromatic carbocycles. The number of hydrogen-bond acceptors (Lipinski definition) is 10. The van der Waals surface area contributed by atoms with Crippen LogP contribution >= 0.6 is 23.5 Å². The van der Waals surface area contributed by atoms with Gasteiger partial charge in [0.1, 0.15) is 22.1 Å². The van der Waals surface area contributed by atoms with Gasteiger partial charge in [0.25, 0.3) is 0 Å². The van der Waals surface area contributed by atoms with Crippen molar-refractivity contribution in [1.82, 2.24) is 17.5 Å². The average molecular weight is 709 g/mol. The molecule has 0 aliphatic rings. The van der Waals surface area contributed by atoms with Crippen LogP contribution in [0.25, 0.3) is 54.7 Å². The Morgan fingerprint density at radius 2 is 1.00 bits per heavy atom. The van der Waals surface area contributed by atoms with Gasteiger partial charge in [0, 0.05) is 44.2 Å². The summed E-state index contributed by atoms with van der Waals surface area (Å²) in [5.74, 6) is -2.43. The summed E-state index contributed by atoms with van der Waals surface area (Å²) < 4.78 is 46.2. The van der Waals surface area contributed by atoms with E-state index in [0.29, 0.717) is 27.5 Å². The standard InChI is InChI=1S/C39H22F2N6O2S2/c1-19-3-9-22(10-4-19)47(23-11-5-20(2)6-12-23)24-13-7-21(8-14-24)25-15-26-27(34-33(25)43-50-44-34)18-32(36-35(26)45-51-46-36)42-37-38(48)28-16-30(40)31(41)17-29(28)39(37)49/h3-18H,1-2H3. The average Bonchev–Trinajstić information content (AvgIpc) is 3.88. The summed E-state index contributed by atoms with van der Waals surface area (Å²) in [7, 11) is 0. The zero-order valence-corrected chi connectivity index (χ0v) is 28.4. The number of hydrogen-bond donors (Lipinski definition) is 0. The van der Waals surface area contributed by atoms with Crippen molar-refractivity contribution >= 4 is 89.8 Å². The molecule has 0 amide bonds. The number of halogens is 2. The first-order chi connectivity index (χ1) is 24.7. The summed E-state index contributed by atoms with van der Waals surface area (Å²) in [6.07, 6.45) is 0. The highest BCUT2D eigenvalue weighted by molar-refractivity contribution is 7.00. The predicted molar refractivity (Wildman–Crippen MR) is 199 cm³/mol. The molecule has 2 heterocycles. The Morgan fingerprint density at radius 3 is 1.55 bits per heavy atom. The third-order valence-electron chi connectivity index (χ3n) is 9.08. The van der Waals surface area contributed by atoms with E-state index >= 15 is 0 Å². The first kappa shape index (κ1) is 30.9. The Bertz CT molecular complexity index is 2900. The van der Waals surface area contributed by atoms with Gasteiger partial charge in [0.05, 0.1) is 29.1 Å². The van der Waals surface area contributed by atoms with Crippen LogP contribution in [0.15, 0.2) is 112 Å². The van der Waals surface area contributed by atoms with Crippen LogP contribution in [0.5, 0.6) is 0 Å². The molecule has 0 atom stereocenters. The molecule has 0 unspecified atom stereocenters. The number of aryl methyl sites for hydroxylation is 2. The minimum absolute atomic E-state index is 0.218. The van der Waals surface area contributed by atoms with Crippen LogP contribution in [0.1, 0.15) is 11.1 Å². The van der Waals surface area contributed by atoms with Gasteiger partial charge in [-0.1, -0.05) is 47.5 Å². The van der Waals surface area contributed by atoms with Gasteiger partial charge in [0.15, 0.2) is 17.0 Å². The van der Waals surface area contributed by atoms with E-state index in [1.54, 1.807) is 6.07 Å². The Morgan fingerprint density at radius 1 is 0.549 bits per heavy atom. The molecule has 9 aromatic rings. The Labute approximate surface area is 295 Å². The van der Waals surface area contributed by atoms with Crippen LogP contribution < -0.4 is 21.1 Å². The highest BCUT2D eigenvalue weighted by atomic mass is 32.1. The van der Waals surface area contributed by atoms with Crippen molar-refractivity contribution in [3.8, 4) is 11.1 Å². The third-order valence-corrected chi connectivity index (χ3v) is 10.1. The first-order valence-corrected chi connectivity index (χ1v) is 17.3. The van der Waals surface area contributed by atoms with Crippen LogP contribution in [-0.4, -0.2) is 17.5 Å². The van der Waals surface area contributed by atoms with Crippen molar-refractivity contribution in [2.75, 3.05) is 4.90 Å². The summed E-state index contributed by atoms with van der Waals surface area (Å²) in [6.45, 7) is 4.14. The Kier molecular flexibility index (Phi) is 7.12. The first-order valence-electron chi connectivity index (χ1n) is 15.8. The molecule has 0 aliphatic carbocycles. The van der Waals surface area contributed by atoms with Crippen LogP contribution in [0.3, 0.4) is 0 Å². The fourth-order valence-corrected chi connectivity index (χ4v) is 7.62. The van der Waals surface area contributed by atoms with Gasteiger partial charge in [-0.15, -0.1) is 0 Å². The fourth-order valence-electron chi connectivity index (χ4n) is 6.47. The van der Waals surface area contributed by atoms with E-state index in [1.165, 1.54) is 11.1 Å². The normalized spacial score (nSPS) is 11.7. The van der Waals surface area contributed by atoms with Crippen molar-refractivity contribution in [3.63, 3.8) is 0 Å². The molecule has 9 rings (SSSR count). The van der Waals surface area contributed by atoms with Gasteiger partial charge in [-0.2, -0.15) is 17.5 Å². The third kappa shape index (κ3) is 5.02. The second kappa shape index (κ2) is 11.8. The van der Waals surface area contributed by atoms with E-state index in [9.17, 15) is 18.4 Å². The SMILES string of the molecule is Cc1ccc(N(c2ccc(C)cc2)c2ccc(-c3cc4c(cc(N=c5c(=O)c6cc(F)c(F)cc6c5=O)c5nsnc54)c4nsnc34)cc2)cc1. The lowest BCUT2D eigenvalue weighted by atomic mass is 9.97. The molecule has 0 radical (unpaired) electrons. The number of aromatic nitrogens is 4. The summed E-state index contributed by atoms with van der Waals surface area (Å²) in [5, 5.41) is 0.510. The second-order valence-corrected chi connectivity index (χ2v) is 13.4. The molecule has 0 bridgehead atoms. The summed E-state index contributed by atoms with van der Waals surface area (Å²) in [4.78, 5) is 32.9. The zero-order chi connectivity index (χ0) is 35.0. The molecule has 0 saturated heterocycles. The van der Waals surface area contributed by atoms with E-state index in [2.05, 4.69) is 114 Å².